The minimum atomic E-state index is -1.31. The van der Waals surface area contributed by atoms with Crippen LogP contribution >= 0.6 is 11.6 Å². The number of primary amides is 1. The molecule has 0 saturated carbocycles. The first-order valence-corrected chi connectivity index (χ1v) is 10.4. The van der Waals surface area contributed by atoms with E-state index in [-0.39, 0.29) is 42.5 Å². The van der Waals surface area contributed by atoms with Gasteiger partial charge in [0.25, 0.3) is 5.69 Å². The number of ether oxygens (including phenoxy) is 2. The minimum absolute atomic E-state index is 0.112. The maximum Gasteiger partial charge on any atom is 0.407 e. The van der Waals surface area contributed by atoms with Gasteiger partial charge in [0.05, 0.1) is 11.0 Å². The van der Waals surface area contributed by atoms with E-state index in [0.717, 1.165) is 17.7 Å². The molecule has 0 heterocycles. The second-order valence-electron chi connectivity index (χ2n) is 7.02. The molecule has 0 aliphatic carbocycles. The van der Waals surface area contributed by atoms with Gasteiger partial charge in [-0.3, -0.25) is 14.9 Å². The van der Waals surface area contributed by atoms with Gasteiger partial charge < -0.3 is 30.9 Å². The van der Waals surface area contributed by atoms with Crippen molar-refractivity contribution >= 4 is 35.4 Å². The van der Waals surface area contributed by atoms with Crippen LogP contribution in [0.25, 0.3) is 0 Å². The number of carbonyl (C=O) groups excluding carboxylic acids is 2. The third kappa shape index (κ3) is 8.47. The van der Waals surface area contributed by atoms with E-state index in [2.05, 4.69) is 10.6 Å². The largest absolute Gasteiger partial charge is 0.490 e. The van der Waals surface area contributed by atoms with Crippen molar-refractivity contribution in [3.8, 4) is 5.75 Å². The number of benzene rings is 2. The molecule has 12 nitrogen and oxygen atoms in total. The summed E-state index contributed by atoms with van der Waals surface area (Å²) in [6.45, 7) is 0.0691. The first-order chi connectivity index (χ1) is 16.2. The Morgan fingerprint density at radius 2 is 1.91 bits per heavy atom. The smallest absolute Gasteiger partial charge is 0.407 e. The third-order valence-electron chi connectivity index (χ3n) is 4.48. The van der Waals surface area contributed by atoms with Gasteiger partial charge in [0, 0.05) is 18.2 Å². The molecule has 34 heavy (non-hydrogen) atoms. The summed E-state index contributed by atoms with van der Waals surface area (Å²) >= 11 is 5.99. The molecule has 0 saturated heterocycles. The molecule has 0 radical (unpaired) electrons. The lowest BCUT2D eigenvalue weighted by Gasteiger charge is -2.18. The highest BCUT2D eigenvalue weighted by molar-refractivity contribution is 6.34. The molecule has 13 heteroatoms. The normalized spacial score (nSPS) is 11.2. The van der Waals surface area contributed by atoms with Crippen LogP contribution in [-0.4, -0.2) is 47.3 Å². The van der Waals surface area contributed by atoms with Gasteiger partial charge >= 0.3 is 12.2 Å². The maximum absolute atomic E-state index is 11.8. The number of amides is 3. The lowest BCUT2D eigenvalue weighted by atomic mass is 10.1. The standard InChI is InChI=1S/C21H23ClN4O8/c22-18-16(26(31)32)9-14(19(23)27)10-17(18)33-12-15(25-20(28)29)7-4-8-24-21(30)34-11-13-5-2-1-3-6-13/h1-3,5-6,9-10,15,25H,4,7-8,11-12H2,(H2,23,27)(H,24,30)(H,28,29). The molecule has 1 atom stereocenters. The van der Waals surface area contributed by atoms with Gasteiger partial charge in [-0.15, -0.1) is 0 Å². The van der Waals surface area contributed by atoms with E-state index in [4.69, 9.17) is 31.9 Å². The summed E-state index contributed by atoms with van der Waals surface area (Å²) in [5, 5.41) is 24.7. The van der Waals surface area contributed by atoms with Crippen LogP contribution in [0, 0.1) is 10.1 Å². The molecule has 0 aliphatic heterocycles. The molecule has 1 unspecified atom stereocenters. The Balaban J connectivity index is 1.89. The fourth-order valence-electron chi connectivity index (χ4n) is 2.84. The van der Waals surface area contributed by atoms with Crippen LogP contribution in [0.2, 0.25) is 5.02 Å². The highest BCUT2D eigenvalue weighted by atomic mass is 35.5. The predicted octanol–water partition coefficient (Wildman–Crippen LogP) is 3.07. The molecule has 0 fully saturated rings. The summed E-state index contributed by atoms with van der Waals surface area (Å²) in [6.07, 6.45) is -1.32. The summed E-state index contributed by atoms with van der Waals surface area (Å²) < 4.78 is 10.6. The second kappa shape index (κ2) is 12.8. The Hall–Kier alpha value is -4.06. The number of halogens is 1. The monoisotopic (exact) mass is 494 g/mol. The Kier molecular flexibility index (Phi) is 9.90. The van der Waals surface area contributed by atoms with Gasteiger partial charge in [-0.05, 0) is 24.5 Å². The van der Waals surface area contributed by atoms with E-state index in [1.165, 1.54) is 0 Å². The molecule has 182 valence electrons. The van der Waals surface area contributed by atoms with E-state index in [0.29, 0.717) is 6.42 Å². The number of carbonyl (C=O) groups is 3. The van der Waals surface area contributed by atoms with E-state index < -0.39 is 34.7 Å². The van der Waals surface area contributed by atoms with Crippen LogP contribution < -0.4 is 21.1 Å². The number of carboxylic acid groups (broad SMARTS) is 1. The highest BCUT2D eigenvalue weighted by Crippen LogP contribution is 2.35. The molecule has 0 aromatic heterocycles. The summed E-state index contributed by atoms with van der Waals surface area (Å²) in [5.41, 5.74) is 5.26. The number of nitro benzene ring substituents is 1. The van der Waals surface area contributed by atoms with Gasteiger partial charge in [-0.25, -0.2) is 9.59 Å². The summed E-state index contributed by atoms with van der Waals surface area (Å²) in [5.74, 6) is -1.11. The average Bonchev–Trinajstić information content (AvgIpc) is 2.79. The third-order valence-corrected chi connectivity index (χ3v) is 4.86. The number of nitrogens with one attached hydrogen (secondary N) is 2. The van der Waals surface area contributed by atoms with Gasteiger partial charge in [0.1, 0.15) is 19.0 Å². The molecule has 5 N–H and O–H groups in total. The van der Waals surface area contributed by atoms with Gasteiger partial charge in [0.15, 0.2) is 5.02 Å². The molecule has 0 aliphatic rings. The van der Waals surface area contributed by atoms with Crippen LogP contribution in [0.1, 0.15) is 28.8 Å². The van der Waals surface area contributed by atoms with Gasteiger partial charge in [-0.2, -0.15) is 0 Å². The van der Waals surface area contributed by atoms with Crippen molar-refractivity contribution in [3.63, 3.8) is 0 Å². The van der Waals surface area contributed by atoms with Crippen molar-refractivity contribution in [3.05, 3.63) is 68.7 Å². The Morgan fingerprint density at radius 3 is 2.53 bits per heavy atom. The van der Waals surface area contributed by atoms with Crippen molar-refractivity contribution in [1.82, 2.24) is 10.6 Å². The van der Waals surface area contributed by atoms with Crippen LogP contribution in [0.4, 0.5) is 15.3 Å². The molecule has 2 aromatic rings. The van der Waals surface area contributed by atoms with Crippen molar-refractivity contribution in [2.45, 2.75) is 25.5 Å². The zero-order valence-corrected chi connectivity index (χ0v) is 18.6. The fraction of sp³-hybridized carbons (Fsp3) is 0.286. The minimum Gasteiger partial charge on any atom is -0.490 e. The summed E-state index contributed by atoms with van der Waals surface area (Å²) in [4.78, 5) is 44.7. The van der Waals surface area contributed by atoms with Gasteiger partial charge in [-0.1, -0.05) is 41.9 Å². The lowest BCUT2D eigenvalue weighted by molar-refractivity contribution is -0.384. The second-order valence-corrected chi connectivity index (χ2v) is 7.39. The Bertz CT molecular complexity index is 1030. The van der Waals surface area contributed by atoms with Gasteiger partial charge in [0.2, 0.25) is 5.91 Å². The fourth-order valence-corrected chi connectivity index (χ4v) is 3.07. The van der Waals surface area contributed by atoms with Crippen molar-refractivity contribution in [2.75, 3.05) is 13.2 Å². The number of hydrogen-bond donors (Lipinski definition) is 4. The summed E-state index contributed by atoms with van der Waals surface area (Å²) in [7, 11) is 0. The van der Waals surface area contributed by atoms with E-state index in [9.17, 15) is 24.5 Å². The van der Waals surface area contributed by atoms with Crippen molar-refractivity contribution < 1.29 is 33.9 Å². The van der Waals surface area contributed by atoms with Crippen LogP contribution in [-0.2, 0) is 11.3 Å². The topological polar surface area (TPSA) is 183 Å². The maximum atomic E-state index is 11.8. The number of alkyl carbamates (subject to hydrolysis) is 1. The highest BCUT2D eigenvalue weighted by Gasteiger charge is 2.22. The van der Waals surface area contributed by atoms with E-state index >= 15 is 0 Å². The lowest BCUT2D eigenvalue weighted by Crippen LogP contribution is -2.39. The molecular weight excluding hydrogens is 472 g/mol. The van der Waals surface area contributed by atoms with Crippen LogP contribution in [0.5, 0.6) is 5.75 Å². The number of nitrogens with two attached hydrogens (primary N) is 1. The zero-order valence-electron chi connectivity index (χ0n) is 17.9. The molecule has 0 bridgehead atoms. The first-order valence-electron chi connectivity index (χ1n) is 10.0. The molecule has 2 rings (SSSR count). The molecular formula is C21H23ClN4O8. The van der Waals surface area contributed by atoms with E-state index in [1.807, 2.05) is 30.3 Å². The zero-order chi connectivity index (χ0) is 25.1. The summed E-state index contributed by atoms with van der Waals surface area (Å²) in [6, 6.07) is 10.4. The number of hydrogen-bond acceptors (Lipinski definition) is 7. The average molecular weight is 495 g/mol. The van der Waals surface area contributed by atoms with E-state index in [1.54, 1.807) is 0 Å². The molecule has 2 aromatic carbocycles. The number of nitrogens with zero attached hydrogens (tertiary/aromatic N) is 1. The SMILES string of the molecule is NC(=O)c1cc(OCC(CCCNC(=O)OCc2ccccc2)NC(=O)O)c(Cl)c([N+](=O)[O-])c1. The quantitative estimate of drug-likeness (QED) is 0.197. The first kappa shape index (κ1) is 26.2. The van der Waals surface area contributed by atoms with Crippen molar-refractivity contribution in [1.29, 1.82) is 0 Å². The molecule has 0 spiro atoms. The van der Waals surface area contributed by atoms with Crippen LogP contribution in [0.3, 0.4) is 0 Å². The Morgan fingerprint density at radius 1 is 1.21 bits per heavy atom. The van der Waals surface area contributed by atoms with Crippen molar-refractivity contribution in [2.24, 2.45) is 5.73 Å². The number of nitro groups is 1. The predicted molar refractivity (Wildman–Crippen MR) is 121 cm³/mol. The van der Waals surface area contributed by atoms with Crippen LogP contribution in [0.15, 0.2) is 42.5 Å². The number of rotatable bonds is 12. The molecule has 3 amide bonds. The Labute approximate surface area is 199 Å².